The van der Waals surface area contributed by atoms with Crippen molar-refractivity contribution in [1.29, 1.82) is 0 Å². The Balaban J connectivity index is 2.23. The third-order valence-corrected chi connectivity index (χ3v) is 4.23. The van der Waals surface area contributed by atoms with Crippen LogP contribution in [0.25, 0.3) is 15.9 Å². The number of nitrogens with zero attached hydrogens (tertiary/aromatic N) is 2. The molecule has 0 amide bonds. The molecule has 0 radical (unpaired) electrons. The fourth-order valence-corrected chi connectivity index (χ4v) is 3.23. The highest BCUT2D eigenvalue weighted by Gasteiger charge is 2.17. The number of benzene rings is 1. The van der Waals surface area contributed by atoms with Gasteiger partial charge in [-0.1, -0.05) is 31.5 Å². The van der Waals surface area contributed by atoms with Crippen molar-refractivity contribution in [2.24, 2.45) is 0 Å². The molecule has 0 fully saturated rings. The van der Waals surface area contributed by atoms with Crippen LogP contribution in [-0.4, -0.2) is 20.9 Å². The molecule has 1 aromatic carbocycles. The van der Waals surface area contributed by atoms with E-state index in [1.54, 1.807) is 6.07 Å². The average Bonchev–Trinajstić information content (AvgIpc) is 3.01. The minimum absolute atomic E-state index is 0.361. The van der Waals surface area contributed by atoms with Gasteiger partial charge in [-0.2, -0.15) is 5.10 Å². The Morgan fingerprint density at radius 3 is 2.75 bits per heavy atom. The van der Waals surface area contributed by atoms with Crippen LogP contribution in [0.15, 0.2) is 36.4 Å². The van der Waals surface area contributed by atoms with E-state index in [1.165, 1.54) is 11.3 Å². The molecule has 20 heavy (non-hydrogen) atoms. The van der Waals surface area contributed by atoms with E-state index in [4.69, 9.17) is 5.11 Å². The van der Waals surface area contributed by atoms with E-state index in [1.807, 2.05) is 35.0 Å². The molecule has 4 nitrogen and oxygen atoms in total. The highest BCUT2D eigenvalue weighted by atomic mass is 32.1. The molecule has 2 heterocycles. The number of para-hydroxylation sites is 1. The molecule has 0 bridgehead atoms. The molecule has 0 aliphatic heterocycles. The summed E-state index contributed by atoms with van der Waals surface area (Å²) in [5.74, 6) is -0.881. The molecule has 0 aliphatic rings. The lowest BCUT2D eigenvalue weighted by Gasteiger charge is -2.01. The third kappa shape index (κ3) is 2.10. The van der Waals surface area contributed by atoms with Crippen LogP contribution in [-0.2, 0) is 6.42 Å². The lowest BCUT2D eigenvalue weighted by molar-refractivity contribution is 0.0702. The van der Waals surface area contributed by atoms with E-state index >= 15 is 0 Å². The van der Waals surface area contributed by atoms with Crippen LogP contribution < -0.4 is 0 Å². The first kappa shape index (κ1) is 12.9. The monoisotopic (exact) mass is 286 g/mol. The van der Waals surface area contributed by atoms with Crippen LogP contribution in [0.1, 0.15) is 28.7 Å². The number of aryl methyl sites for hydroxylation is 1. The first-order chi connectivity index (χ1) is 9.70. The molecular weight excluding hydrogens is 272 g/mol. The molecule has 3 rings (SSSR count). The van der Waals surface area contributed by atoms with Gasteiger partial charge >= 0.3 is 5.97 Å². The van der Waals surface area contributed by atoms with Crippen molar-refractivity contribution in [3.05, 3.63) is 47.0 Å². The van der Waals surface area contributed by atoms with Crippen LogP contribution >= 0.6 is 11.3 Å². The first-order valence-corrected chi connectivity index (χ1v) is 7.32. The van der Waals surface area contributed by atoms with E-state index in [0.29, 0.717) is 4.88 Å². The molecule has 102 valence electrons. The summed E-state index contributed by atoms with van der Waals surface area (Å²) >= 11 is 1.27. The van der Waals surface area contributed by atoms with Gasteiger partial charge in [0, 0.05) is 5.39 Å². The van der Waals surface area contributed by atoms with Gasteiger partial charge in [0.05, 0.1) is 11.4 Å². The second kappa shape index (κ2) is 5.09. The highest BCUT2D eigenvalue weighted by molar-refractivity contribution is 7.20. The topological polar surface area (TPSA) is 55.1 Å². The second-order valence-corrected chi connectivity index (χ2v) is 5.61. The Hall–Kier alpha value is -2.14. The number of rotatable bonds is 4. The van der Waals surface area contributed by atoms with Crippen LogP contribution in [0.5, 0.6) is 0 Å². The summed E-state index contributed by atoms with van der Waals surface area (Å²) in [5.41, 5.74) is 1.92. The number of hydrogen-bond donors (Lipinski definition) is 1. The SMILES string of the molecule is CCCc1nn(-c2ccccc2)c2sc(C(=O)O)cc12. The molecule has 0 unspecified atom stereocenters. The zero-order chi connectivity index (χ0) is 14.1. The summed E-state index contributed by atoms with van der Waals surface area (Å²) in [7, 11) is 0. The molecule has 5 heteroatoms. The molecule has 3 aromatic rings. The van der Waals surface area contributed by atoms with Crippen molar-refractivity contribution in [3.63, 3.8) is 0 Å². The van der Waals surface area contributed by atoms with E-state index in [9.17, 15) is 4.79 Å². The number of carboxylic acids is 1. The van der Waals surface area contributed by atoms with Gasteiger partial charge in [0.1, 0.15) is 9.71 Å². The molecule has 0 spiro atoms. The van der Waals surface area contributed by atoms with Gasteiger partial charge in [-0.25, -0.2) is 9.48 Å². The summed E-state index contributed by atoms with van der Waals surface area (Å²) in [6.45, 7) is 2.10. The zero-order valence-electron chi connectivity index (χ0n) is 11.0. The normalized spacial score (nSPS) is 11.1. The molecule has 0 atom stereocenters. The number of aromatic nitrogens is 2. The van der Waals surface area contributed by atoms with Crippen molar-refractivity contribution < 1.29 is 9.90 Å². The van der Waals surface area contributed by atoms with Crippen LogP contribution in [0, 0.1) is 0 Å². The number of carboxylic acid groups (broad SMARTS) is 1. The minimum atomic E-state index is -0.881. The van der Waals surface area contributed by atoms with Crippen molar-refractivity contribution in [2.75, 3.05) is 0 Å². The van der Waals surface area contributed by atoms with Gasteiger partial charge in [-0.15, -0.1) is 11.3 Å². The molecule has 0 saturated heterocycles. The fraction of sp³-hybridized carbons (Fsp3) is 0.200. The van der Waals surface area contributed by atoms with Crippen molar-refractivity contribution >= 4 is 27.5 Å². The Bertz CT molecular complexity index is 759. The summed E-state index contributed by atoms with van der Waals surface area (Å²) in [6.07, 6.45) is 1.84. The van der Waals surface area contributed by atoms with Crippen LogP contribution in [0.3, 0.4) is 0 Å². The second-order valence-electron chi connectivity index (χ2n) is 4.58. The van der Waals surface area contributed by atoms with Gasteiger partial charge in [0.25, 0.3) is 0 Å². The molecule has 1 N–H and O–H groups in total. The van der Waals surface area contributed by atoms with Crippen LogP contribution in [0.4, 0.5) is 0 Å². The Morgan fingerprint density at radius 1 is 1.35 bits per heavy atom. The number of hydrogen-bond acceptors (Lipinski definition) is 3. The summed E-state index contributed by atoms with van der Waals surface area (Å²) in [5, 5.41) is 14.8. The molecule has 0 saturated carbocycles. The fourth-order valence-electron chi connectivity index (χ4n) is 2.24. The average molecular weight is 286 g/mol. The van der Waals surface area contributed by atoms with Gasteiger partial charge in [0.15, 0.2) is 0 Å². The molecule has 0 aliphatic carbocycles. The number of thiophene rings is 1. The molecule has 2 aromatic heterocycles. The smallest absolute Gasteiger partial charge is 0.345 e. The van der Waals surface area contributed by atoms with Gasteiger partial charge in [-0.3, -0.25) is 0 Å². The first-order valence-electron chi connectivity index (χ1n) is 6.51. The largest absolute Gasteiger partial charge is 0.477 e. The Morgan fingerprint density at radius 2 is 2.10 bits per heavy atom. The summed E-state index contributed by atoms with van der Waals surface area (Å²) < 4.78 is 1.84. The van der Waals surface area contributed by atoms with Crippen molar-refractivity contribution in [1.82, 2.24) is 9.78 Å². The number of carbonyl (C=O) groups is 1. The minimum Gasteiger partial charge on any atom is -0.477 e. The quantitative estimate of drug-likeness (QED) is 0.795. The third-order valence-electron chi connectivity index (χ3n) is 3.13. The Labute approximate surface area is 120 Å². The molecular formula is C15H14N2O2S. The summed E-state index contributed by atoms with van der Waals surface area (Å²) in [4.78, 5) is 12.4. The lowest BCUT2D eigenvalue weighted by Crippen LogP contribution is -1.97. The van der Waals surface area contributed by atoms with Gasteiger partial charge < -0.3 is 5.11 Å². The Kier molecular flexibility index (Phi) is 3.28. The highest BCUT2D eigenvalue weighted by Crippen LogP contribution is 2.31. The van der Waals surface area contributed by atoms with E-state index in [-0.39, 0.29) is 0 Å². The predicted octanol–water partition coefficient (Wildman–Crippen LogP) is 3.74. The van der Waals surface area contributed by atoms with Crippen LogP contribution in [0.2, 0.25) is 0 Å². The maximum atomic E-state index is 11.2. The van der Waals surface area contributed by atoms with E-state index in [2.05, 4.69) is 12.0 Å². The maximum Gasteiger partial charge on any atom is 0.345 e. The standard InChI is InChI=1S/C15H14N2O2S/c1-2-6-12-11-9-13(15(18)19)20-14(11)17(16-12)10-7-4-3-5-8-10/h3-5,7-9H,2,6H2,1H3,(H,18,19). The van der Waals surface area contributed by atoms with Crippen molar-refractivity contribution in [3.8, 4) is 5.69 Å². The van der Waals surface area contributed by atoms with E-state index < -0.39 is 5.97 Å². The summed E-state index contributed by atoms with van der Waals surface area (Å²) in [6, 6.07) is 11.5. The zero-order valence-corrected chi connectivity index (χ0v) is 11.9. The number of fused-ring (bicyclic) bond motifs is 1. The van der Waals surface area contributed by atoms with E-state index in [0.717, 1.165) is 34.4 Å². The predicted molar refractivity (Wildman–Crippen MR) is 79.9 cm³/mol. The van der Waals surface area contributed by atoms with Crippen molar-refractivity contribution in [2.45, 2.75) is 19.8 Å². The van der Waals surface area contributed by atoms with Gasteiger partial charge in [-0.05, 0) is 24.6 Å². The number of aromatic carboxylic acids is 1. The lowest BCUT2D eigenvalue weighted by atomic mass is 10.2. The maximum absolute atomic E-state index is 11.2. The van der Waals surface area contributed by atoms with Gasteiger partial charge in [0.2, 0.25) is 0 Å².